The van der Waals surface area contributed by atoms with Crippen molar-refractivity contribution in [1.29, 1.82) is 0 Å². The Morgan fingerprint density at radius 2 is 2.21 bits per heavy atom. The number of nitrogens with zero attached hydrogens (tertiary/aromatic N) is 1. The summed E-state index contributed by atoms with van der Waals surface area (Å²) in [7, 11) is -6.82. The van der Waals surface area contributed by atoms with Gasteiger partial charge in [-0.15, -0.1) is 11.3 Å². The molecular formula is C10H15NO5S3. The zero-order valence-corrected chi connectivity index (χ0v) is 12.8. The molecular weight excluding hydrogens is 310 g/mol. The molecule has 9 heteroatoms. The molecule has 2 rings (SSSR count). The van der Waals surface area contributed by atoms with Crippen LogP contribution in [0.5, 0.6) is 0 Å². The largest absolute Gasteiger partial charge is 0.392 e. The van der Waals surface area contributed by atoms with Crippen LogP contribution >= 0.6 is 11.3 Å². The minimum atomic E-state index is -3.67. The number of sulfone groups is 1. The molecule has 1 unspecified atom stereocenters. The third-order valence-electron chi connectivity index (χ3n) is 2.98. The van der Waals surface area contributed by atoms with Gasteiger partial charge in [0.05, 0.1) is 18.1 Å². The summed E-state index contributed by atoms with van der Waals surface area (Å²) in [6, 6.07) is 0.860. The van der Waals surface area contributed by atoms with Gasteiger partial charge < -0.3 is 5.11 Å². The maximum atomic E-state index is 12.4. The normalized spacial score (nSPS) is 24.4. The lowest BCUT2D eigenvalue weighted by atomic mass is 10.4. The van der Waals surface area contributed by atoms with Crippen molar-refractivity contribution in [3.05, 3.63) is 17.0 Å². The molecule has 1 aromatic heterocycles. The van der Waals surface area contributed by atoms with Gasteiger partial charge in [-0.05, 0) is 23.9 Å². The van der Waals surface area contributed by atoms with Gasteiger partial charge in [-0.3, -0.25) is 0 Å². The quantitative estimate of drug-likeness (QED) is 0.848. The summed E-state index contributed by atoms with van der Waals surface area (Å²) in [4.78, 5) is 0. The smallest absolute Gasteiger partial charge is 0.252 e. The monoisotopic (exact) mass is 325 g/mol. The van der Waals surface area contributed by atoms with Crippen LogP contribution in [-0.2, 0) is 26.5 Å². The lowest BCUT2D eigenvalue weighted by Crippen LogP contribution is -2.49. The van der Waals surface area contributed by atoms with Gasteiger partial charge in [-0.2, -0.15) is 4.31 Å². The zero-order valence-electron chi connectivity index (χ0n) is 10.3. The van der Waals surface area contributed by atoms with Gasteiger partial charge in [-0.25, -0.2) is 16.8 Å². The van der Waals surface area contributed by atoms with E-state index in [9.17, 15) is 16.8 Å². The van der Waals surface area contributed by atoms with E-state index in [0.717, 1.165) is 11.3 Å². The third kappa shape index (κ3) is 3.00. The Morgan fingerprint density at radius 3 is 2.74 bits per heavy atom. The lowest BCUT2D eigenvalue weighted by molar-refractivity contribution is 0.282. The van der Waals surface area contributed by atoms with Crippen LogP contribution < -0.4 is 0 Å². The minimum absolute atomic E-state index is 0.0157. The van der Waals surface area contributed by atoms with Crippen LogP contribution in [0.15, 0.2) is 15.7 Å². The summed E-state index contributed by atoms with van der Waals surface area (Å²) in [5.74, 6) is -0.292. The van der Waals surface area contributed by atoms with Gasteiger partial charge in [0.1, 0.15) is 4.21 Å². The number of thiophene rings is 1. The van der Waals surface area contributed by atoms with Crippen molar-refractivity contribution in [3.63, 3.8) is 0 Å². The SMILES string of the molecule is CC1CS(=O)(=O)CCN1S(=O)(=O)c1cc(CO)cs1. The Bertz CT molecular complexity index is 661. The molecule has 0 aliphatic carbocycles. The number of aliphatic hydroxyl groups is 1. The highest BCUT2D eigenvalue weighted by Gasteiger charge is 2.37. The molecule has 0 aromatic carbocycles. The Balaban J connectivity index is 2.30. The number of rotatable bonds is 3. The van der Waals surface area contributed by atoms with Gasteiger partial charge in [0.15, 0.2) is 9.84 Å². The molecule has 1 aliphatic heterocycles. The van der Waals surface area contributed by atoms with Crippen LogP contribution in [-0.4, -0.2) is 50.3 Å². The van der Waals surface area contributed by atoms with E-state index in [-0.39, 0.29) is 28.9 Å². The van der Waals surface area contributed by atoms with Crippen molar-refractivity contribution < 1.29 is 21.9 Å². The molecule has 1 aromatic rings. The van der Waals surface area contributed by atoms with E-state index in [2.05, 4.69) is 0 Å². The van der Waals surface area contributed by atoms with Crippen LogP contribution in [0.4, 0.5) is 0 Å². The van der Waals surface area contributed by atoms with Crippen molar-refractivity contribution in [3.8, 4) is 0 Å². The zero-order chi connectivity index (χ0) is 14.3. The van der Waals surface area contributed by atoms with E-state index in [1.807, 2.05) is 0 Å². The molecule has 19 heavy (non-hydrogen) atoms. The van der Waals surface area contributed by atoms with E-state index >= 15 is 0 Å². The molecule has 6 nitrogen and oxygen atoms in total. The first-order chi connectivity index (χ1) is 8.76. The summed E-state index contributed by atoms with van der Waals surface area (Å²) in [5.41, 5.74) is 0.542. The second-order valence-corrected chi connectivity index (χ2v) is 9.77. The molecule has 0 radical (unpaired) electrons. The van der Waals surface area contributed by atoms with E-state index < -0.39 is 25.9 Å². The fourth-order valence-corrected chi connectivity index (χ4v) is 6.75. The van der Waals surface area contributed by atoms with Crippen molar-refractivity contribution in [2.45, 2.75) is 23.8 Å². The Morgan fingerprint density at radius 1 is 1.53 bits per heavy atom. The first-order valence-electron chi connectivity index (χ1n) is 5.67. The minimum Gasteiger partial charge on any atom is -0.392 e. The van der Waals surface area contributed by atoms with Crippen molar-refractivity contribution in [2.75, 3.05) is 18.1 Å². The summed E-state index contributed by atoms with van der Waals surface area (Å²) >= 11 is 1.04. The molecule has 2 heterocycles. The van der Waals surface area contributed by atoms with Crippen LogP contribution in [0, 0.1) is 0 Å². The predicted octanol–water partition coefficient (Wildman–Crippen LogP) is 0.0480. The average Bonchev–Trinajstić information content (AvgIpc) is 2.76. The van der Waals surface area contributed by atoms with Crippen LogP contribution in [0.25, 0.3) is 0 Å². The summed E-state index contributed by atoms with van der Waals surface area (Å²) < 4.78 is 49.1. The van der Waals surface area contributed by atoms with Gasteiger partial charge in [-0.1, -0.05) is 0 Å². The molecule has 0 bridgehead atoms. The van der Waals surface area contributed by atoms with E-state index in [0.29, 0.717) is 5.56 Å². The van der Waals surface area contributed by atoms with E-state index in [1.54, 1.807) is 12.3 Å². The van der Waals surface area contributed by atoms with Gasteiger partial charge in [0.25, 0.3) is 10.0 Å². The standard InChI is InChI=1S/C10H15NO5S3/c1-8-7-18(13,14)3-2-11(8)19(15,16)10-4-9(5-12)6-17-10/h4,6,8,12H,2-3,5,7H2,1H3. The average molecular weight is 325 g/mol. The van der Waals surface area contributed by atoms with Crippen LogP contribution in [0.2, 0.25) is 0 Å². The maximum Gasteiger partial charge on any atom is 0.252 e. The first kappa shape index (κ1) is 14.9. The lowest BCUT2D eigenvalue weighted by Gasteiger charge is -2.31. The maximum absolute atomic E-state index is 12.4. The van der Waals surface area contributed by atoms with Crippen molar-refractivity contribution in [1.82, 2.24) is 4.31 Å². The fraction of sp³-hybridized carbons (Fsp3) is 0.600. The number of hydrogen-bond donors (Lipinski definition) is 1. The van der Waals surface area contributed by atoms with E-state index in [4.69, 9.17) is 5.11 Å². The fourth-order valence-electron chi connectivity index (χ4n) is 2.03. The van der Waals surface area contributed by atoms with Gasteiger partial charge in [0, 0.05) is 12.6 Å². The second kappa shape index (κ2) is 5.13. The first-order valence-corrected chi connectivity index (χ1v) is 9.81. The molecule has 0 saturated carbocycles. The summed E-state index contributed by atoms with van der Waals surface area (Å²) in [6.45, 7) is 1.36. The van der Waals surface area contributed by atoms with Gasteiger partial charge >= 0.3 is 0 Å². The highest BCUT2D eigenvalue weighted by Crippen LogP contribution is 2.27. The molecule has 0 amide bonds. The Kier molecular flexibility index (Phi) is 4.03. The molecule has 1 fully saturated rings. The predicted molar refractivity (Wildman–Crippen MR) is 72.2 cm³/mol. The Hall–Kier alpha value is -0.480. The number of sulfonamides is 1. The molecule has 108 valence electrons. The summed E-state index contributed by atoms with van der Waals surface area (Å²) in [6.07, 6.45) is 0. The van der Waals surface area contributed by atoms with Crippen molar-refractivity contribution >= 4 is 31.2 Å². The number of hydrogen-bond acceptors (Lipinski definition) is 6. The van der Waals surface area contributed by atoms with Crippen LogP contribution in [0.3, 0.4) is 0 Å². The Labute approximate surface area is 116 Å². The van der Waals surface area contributed by atoms with Crippen molar-refractivity contribution in [2.24, 2.45) is 0 Å². The molecule has 0 spiro atoms. The molecule has 1 aliphatic rings. The highest BCUT2D eigenvalue weighted by atomic mass is 32.2. The highest BCUT2D eigenvalue weighted by molar-refractivity contribution is 7.92. The molecule has 1 atom stereocenters. The van der Waals surface area contributed by atoms with E-state index in [1.165, 1.54) is 10.4 Å². The van der Waals surface area contributed by atoms with Gasteiger partial charge in [0.2, 0.25) is 0 Å². The topological polar surface area (TPSA) is 91.8 Å². The molecule has 1 N–H and O–H groups in total. The second-order valence-electron chi connectivity index (χ2n) is 4.51. The third-order valence-corrected chi connectivity index (χ3v) is 8.26. The summed E-state index contributed by atoms with van der Waals surface area (Å²) in [5, 5.41) is 10.5. The molecule has 1 saturated heterocycles. The van der Waals surface area contributed by atoms with Crippen LogP contribution in [0.1, 0.15) is 12.5 Å². The number of aliphatic hydroxyl groups excluding tert-OH is 1.